The van der Waals surface area contributed by atoms with Gasteiger partial charge in [-0.25, -0.2) is 0 Å². The first-order valence-corrected chi connectivity index (χ1v) is 5.67. The van der Waals surface area contributed by atoms with Crippen molar-refractivity contribution >= 4 is 0 Å². The Morgan fingerprint density at radius 1 is 1.08 bits per heavy atom. The lowest BCUT2D eigenvalue weighted by Crippen LogP contribution is -2.33. The second-order valence-corrected chi connectivity index (χ2v) is 5.84. The molecule has 1 aliphatic rings. The van der Waals surface area contributed by atoms with E-state index in [1.807, 2.05) is 0 Å². The Balaban J connectivity index is 2.39. The lowest BCUT2D eigenvalue weighted by molar-refractivity contribution is 0.142. The van der Waals surface area contributed by atoms with E-state index in [1.54, 1.807) is 0 Å². The van der Waals surface area contributed by atoms with Crippen LogP contribution in [0.2, 0.25) is 0 Å². The van der Waals surface area contributed by atoms with Crippen molar-refractivity contribution in [3.63, 3.8) is 0 Å². The zero-order chi connectivity index (χ0) is 10.1. The molecule has 1 heteroatoms. The van der Waals surface area contributed by atoms with Gasteiger partial charge >= 0.3 is 0 Å². The fourth-order valence-corrected chi connectivity index (χ4v) is 2.51. The minimum Gasteiger partial charge on any atom is -0.328 e. The minimum absolute atomic E-state index is 0.404. The van der Waals surface area contributed by atoms with E-state index in [2.05, 4.69) is 27.7 Å². The third kappa shape index (κ3) is 2.98. The predicted octanol–water partition coefficient (Wildman–Crippen LogP) is 3.19. The van der Waals surface area contributed by atoms with Crippen LogP contribution in [-0.2, 0) is 0 Å². The molecule has 0 unspecified atom stereocenters. The van der Waals surface area contributed by atoms with Gasteiger partial charge in [0.2, 0.25) is 0 Å². The number of rotatable bonds is 1. The molecule has 0 aliphatic heterocycles. The Morgan fingerprint density at radius 3 is 1.85 bits per heavy atom. The van der Waals surface area contributed by atoms with E-state index >= 15 is 0 Å². The smallest absolute Gasteiger partial charge is 0.00387 e. The summed E-state index contributed by atoms with van der Waals surface area (Å²) in [6.45, 7) is 9.25. The molecule has 0 aromatic rings. The van der Waals surface area contributed by atoms with Gasteiger partial charge in [0.15, 0.2) is 0 Å². The van der Waals surface area contributed by atoms with Crippen LogP contribution in [0.25, 0.3) is 0 Å². The van der Waals surface area contributed by atoms with Gasteiger partial charge in [-0.05, 0) is 49.9 Å². The van der Waals surface area contributed by atoms with Crippen LogP contribution in [0.1, 0.15) is 53.4 Å². The normalized spacial score (nSPS) is 33.0. The Labute approximate surface area is 83.1 Å². The first-order chi connectivity index (χ1) is 5.91. The molecule has 78 valence electrons. The van der Waals surface area contributed by atoms with Crippen molar-refractivity contribution in [2.45, 2.75) is 59.4 Å². The van der Waals surface area contributed by atoms with E-state index in [0.717, 1.165) is 11.8 Å². The van der Waals surface area contributed by atoms with Crippen molar-refractivity contribution < 1.29 is 0 Å². The van der Waals surface area contributed by atoms with E-state index in [4.69, 9.17) is 5.73 Å². The van der Waals surface area contributed by atoms with Gasteiger partial charge in [-0.2, -0.15) is 0 Å². The Morgan fingerprint density at radius 2 is 1.54 bits per heavy atom. The van der Waals surface area contributed by atoms with Crippen molar-refractivity contribution in [1.29, 1.82) is 0 Å². The lowest BCUT2D eigenvalue weighted by Gasteiger charge is -2.38. The maximum absolute atomic E-state index is 5.92. The van der Waals surface area contributed by atoms with Crippen LogP contribution >= 0.6 is 0 Å². The van der Waals surface area contributed by atoms with Crippen LogP contribution in [0.15, 0.2) is 0 Å². The van der Waals surface area contributed by atoms with Crippen LogP contribution in [0.3, 0.4) is 0 Å². The molecule has 1 aliphatic carbocycles. The summed E-state index contributed by atoms with van der Waals surface area (Å²) in [5.74, 6) is 1.71. The number of hydrogen-bond donors (Lipinski definition) is 1. The van der Waals surface area contributed by atoms with Crippen LogP contribution in [0.5, 0.6) is 0 Å². The summed E-state index contributed by atoms with van der Waals surface area (Å²) in [4.78, 5) is 0. The highest BCUT2D eigenvalue weighted by Crippen LogP contribution is 2.40. The molecule has 1 atom stereocenters. The molecule has 0 saturated heterocycles. The highest BCUT2D eigenvalue weighted by molar-refractivity contribution is 4.82. The molecule has 0 radical (unpaired) electrons. The van der Waals surface area contributed by atoms with E-state index in [0.29, 0.717) is 11.5 Å². The van der Waals surface area contributed by atoms with Crippen molar-refractivity contribution in [1.82, 2.24) is 0 Å². The zero-order valence-corrected chi connectivity index (χ0v) is 9.64. The SMILES string of the molecule is C[C@H](N)C1CCC(C(C)(C)C)CC1. The Kier molecular flexibility index (Phi) is 3.39. The first-order valence-electron chi connectivity index (χ1n) is 5.67. The molecule has 1 nitrogen and oxygen atoms in total. The average molecular weight is 183 g/mol. The summed E-state index contributed by atoms with van der Waals surface area (Å²) in [5.41, 5.74) is 6.42. The molecular formula is C12H25N. The van der Waals surface area contributed by atoms with Crippen molar-refractivity contribution in [3.8, 4) is 0 Å². The number of hydrogen-bond acceptors (Lipinski definition) is 1. The van der Waals surface area contributed by atoms with Gasteiger partial charge in [-0.15, -0.1) is 0 Å². The third-order valence-corrected chi connectivity index (χ3v) is 3.74. The van der Waals surface area contributed by atoms with Crippen molar-refractivity contribution in [2.24, 2.45) is 23.0 Å². The molecule has 1 rings (SSSR count). The summed E-state index contributed by atoms with van der Waals surface area (Å²) >= 11 is 0. The van der Waals surface area contributed by atoms with Gasteiger partial charge in [-0.1, -0.05) is 20.8 Å². The lowest BCUT2D eigenvalue weighted by atomic mass is 9.69. The van der Waals surface area contributed by atoms with E-state index in [9.17, 15) is 0 Å². The van der Waals surface area contributed by atoms with Gasteiger partial charge in [0.1, 0.15) is 0 Å². The van der Waals surface area contributed by atoms with E-state index < -0.39 is 0 Å². The fraction of sp³-hybridized carbons (Fsp3) is 1.00. The quantitative estimate of drug-likeness (QED) is 0.664. The molecule has 0 spiro atoms. The van der Waals surface area contributed by atoms with Gasteiger partial charge in [0, 0.05) is 6.04 Å². The van der Waals surface area contributed by atoms with Crippen LogP contribution in [0.4, 0.5) is 0 Å². The van der Waals surface area contributed by atoms with Crippen LogP contribution in [0, 0.1) is 17.3 Å². The Bertz CT molecular complexity index is 147. The molecule has 0 bridgehead atoms. The van der Waals surface area contributed by atoms with Crippen LogP contribution in [-0.4, -0.2) is 6.04 Å². The largest absolute Gasteiger partial charge is 0.328 e. The molecule has 0 amide bonds. The molecule has 1 saturated carbocycles. The van der Waals surface area contributed by atoms with Crippen molar-refractivity contribution in [2.75, 3.05) is 0 Å². The monoisotopic (exact) mass is 183 g/mol. The van der Waals surface area contributed by atoms with Crippen molar-refractivity contribution in [3.05, 3.63) is 0 Å². The van der Waals surface area contributed by atoms with Gasteiger partial charge in [0.25, 0.3) is 0 Å². The van der Waals surface area contributed by atoms with Gasteiger partial charge < -0.3 is 5.73 Å². The summed E-state index contributed by atoms with van der Waals surface area (Å²) in [6, 6.07) is 0.404. The molecule has 0 aromatic carbocycles. The minimum atomic E-state index is 0.404. The van der Waals surface area contributed by atoms with Gasteiger partial charge in [-0.3, -0.25) is 0 Å². The predicted molar refractivity (Wildman–Crippen MR) is 58.6 cm³/mol. The van der Waals surface area contributed by atoms with Gasteiger partial charge in [0.05, 0.1) is 0 Å². The van der Waals surface area contributed by atoms with E-state index in [-0.39, 0.29) is 0 Å². The number of nitrogens with two attached hydrogens (primary N) is 1. The second kappa shape index (κ2) is 4.00. The average Bonchev–Trinajstić information content (AvgIpc) is 2.03. The maximum atomic E-state index is 5.92. The summed E-state index contributed by atoms with van der Waals surface area (Å²) in [5, 5.41) is 0. The molecular weight excluding hydrogens is 158 g/mol. The first kappa shape index (κ1) is 11.0. The highest BCUT2D eigenvalue weighted by Gasteiger charge is 2.30. The second-order valence-electron chi connectivity index (χ2n) is 5.84. The molecule has 2 N–H and O–H groups in total. The topological polar surface area (TPSA) is 26.0 Å². The molecule has 0 aromatic heterocycles. The highest BCUT2D eigenvalue weighted by atomic mass is 14.6. The molecule has 1 fully saturated rings. The fourth-order valence-electron chi connectivity index (χ4n) is 2.51. The summed E-state index contributed by atoms with van der Waals surface area (Å²) in [7, 11) is 0. The maximum Gasteiger partial charge on any atom is 0.00387 e. The standard InChI is InChI=1S/C12H25N/c1-9(13)10-5-7-11(8-6-10)12(2,3)4/h9-11H,5-8,13H2,1-4H3/t9-,10?,11?/m0/s1. The Hall–Kier alpha value is -0.0400. The summed E-state index contributed by atoms with van der Waals surface area (Å²) in [6.07, 6.45) is 5.46. The molecule has 0 heterocycles. The van der Waals surface area contributed by atoms with E-state index in [1.165, 1.54) is 25.7 Å². The molecule has 13 heavy (non-hydrogen) atoms. The summed E-state index contributed by atoms with van der Waals surface area (Å²) < 4.78 is 0. The zero-order valence-electron chi connectivity index (χ0n) is 9.64. The van der Waals surface area contributed by atoms with Crippen LogP contribution < -0.4 is 5.73 Å². The third-order valence-electron chi connectivity index (χ3n) is 3.74.